The van der Waals surface area contributed by atoms with Crippen LogP contribution in [0.1, 0.15) is 45.4 Å². The second kappa shape index (κ2) is 8.44. The normalized spacial score (nSPS) is 34.6. The van der Waals surface area contributed by atoms with E-state index in [0.717, 1.165) is 18.4 Å². The number of fused-ring (bicyclic) bond motifs is 3. The maximum Gasteiger partial charge on any atom is 0.508 e. The maximum atomic E-state index is 12.0. The van der Waals surface area contributed by atoms with E-state index in [9.17, 15) is 9.59 Å². The molecule has 0 unspecified atom stereocenters. The number of epoxide rings is 1. The van der Waals surface area contributed by atoms with Gasteiger partial charge in [0.2, 0.25) is 0 Å². The second-order valence-corrected chi connectivity index (χ2v) is 7.61. The Morgan fingerprint density at radius 1 is 1.41 bits per heavy atom. The van der Waals surface area contributed by atoms with Crippen LogP contribution in [-0.2, 0) is 23.7 Å². The molecule has 7 nitrogen and oxygen atoms in total. The summed E-state index contributed by atoms with van der Waals surface area (Å²) in [6.45, 7) is 6.42. The minimum Gasteiger partial charge on any atom is -0.455 e. The van der Waals surface area contributed by atoms with Gasteiger partial charge in [0.15, 0.2) is 0 Å². The molecule has 3 rings (SSSR count). The van der Waals surface area contributed by atoms with Crippen LogP contribution in [0.25, 0.3) is 0 Å². The number of carbonyl (C=O) groups excluding carboxylic acids is 2. The monoisotopic (exact) mass is 380 g/mol. The number of aliphatic hydroxyl groups excluding tert-OH is 1. The highest BCUT2D eigenvalue weighted by Gasteiger charge is 2.61. The van der Waals surface area contributed by atoms with Crippen molar-refractivity contribution in [2.75, 3.05) is 19.8 Å². The molecule has 2 saturated heterocycles. The fraction of sp³-hybridized carbons (Fsp3) is 0.700. The van der Waals surface area contributed by atoms with Gasteiger partial charge < -0.3 is 24.1 Å². The molecule has 0 amide bonds. The molecule has 0 aromatic carbocycles. The molecule has 0 spiro atoms. The lowest BCUT2D eigenvalue weighted by Gasteiger charge is -2.20. The van der Waals surface area contributed by atoms with Crippen LogP contribution in [0.3, 0.4) is 0 Å². The summed E-state index contributed by atoms with van der Waals surface area (Å²) in [6.07, 6.45) is 5.26. The summed E-state index contributed by atoms with van der Waals surface area (Å²) in [4.78, 5) is 23.6. The van der Waals surface area contributed by atoms with Gasteiger partial charge in [0.05, 0.1) is 12.2 Å². The van der Waals surface area contributed by atoms with Crippen molar-refractivity contribution in [3.63, 3.8) is 0 Å². The van der Waals surface area contributed by atoms with E-state index in [1.807, 2.05) is 6.92 Å². The molecule has 27 heavy (non-hydrogen) atoms. The van der Waals surface area contributed by atoms with Crippen LogP contribution in [0.4, 0.5) is 4.79 Å². The van der Waals surface area contributed by atoms with Crippen LogP contribution in [0.15, 0.2) is 23.8 Å². The Labute approximate surface area is 159 Å². The average molecular weight is 380 g/mol. The number of carbonyl (C=O) groups is 2. The summed E-state index contributed by atoms with van der Waals surface area (Å²) in [5.41, 5.74) is 1.22. The van der Waals surface area contributed by atoms with Crippen LogP contribution in [0.5, 0.6) is 0 Å². The summed E-state index contributed by atoms with van der Waals surface area (Å²) in [5, 5.41) is 8.71. The molecule has 0 radical (unpaired) electrons. The van der Waals surface area contributed by atoms with Gasteiger partial charge in [-0.25, -0.2) is 9.59 Å². The third-order valence-electron chi connectivity index (χ3n) is 5.59. The number of allylic oxidation sites excluding steroid dienone is 1. The smallest absolute Gasteiger partial charge is 0.455 e. The Bertz CT molecular complexity index is 626. The molecule has 150 valence electrons. The molecule has 1 N–H and O–H groups in total. The zero-order valence-electron chi connectivity index (χ0n) is 15.8. The van der Waals surface area contributed by atoms with Crippen LogP contribution >= 0.6 is 0 Å². The zero-order chi connectivity index (χ0) is 19.4. The molecule has 2 aliphatic heterocycles. The van der Waals surface area contributed by atoms with Crippen LogP contribution in [0, 0.1) is 5.92 Å². The van der Waals surface area contributed by atoms with Gasteiger partial charge in [0.25, 0.3) is 0 Å². The van der Waals surface area contributed by atoms with Gasteiger partial charge in [0, 0.05) is 18.1 Å². The molecule has 2 heterocycles. The first kappa shape index (κ1) is 19.9. The number of aliphatic hydroxyl groups is 1. The second-order valence-electron chi connectivity index (χ2n) is 7.61. The predicted molar refractivity (Wildman–Crippen MR) is 96.0 cm³/mol. The van der Waals surface area contributed by atoms with Gasteiger partial charge >= 0.3 is 12.1 Å². The van der Waals surface area contributed by atoms with Gasteiger partial charge in [-0.2, -0.15) is 0 Å². The lowest BCUT2D eigenvalue weighted by molar-refractivity contribution is -0.140. The highest BCUT2D eigenvalue weighted by Crippen LogP contribution is 2.49. The fourth-order valence-electron chi connectivity index (χ4n) is 3.81. The number of esters is 1. The largest absolute Gasteiger partial charge is 0.508 e. The van der Waals surface area contributed by atoms with E-state index < -0.39 is 6.16 Å². The van der Waals surface area contributed by atoms with Crippen LogP contribution in [0.2, 0.25) is 0 Å². The standard InChI is InChI=1S/C20H28O7/c1-13-15-8-7-14(12-25-19(23)24-11-4-3-10-21)6-5-9-20(2)17(27-20)16(15)26-18(13)22/h6,15-17,21H,1,3-5,7-12H2,2H3/b14-6+/t15-,16-,17-,20+/m0/s1. The molecule has 7 heteroatoms. The molecule has 4 atom stereocenters. The lowest BCUT2D eigenvalue weighted by atomic mass is 9.84. The maximum absolute atomic E-state index is 12.0. The number of rotatable bonds is 6. The Morgan fingerprint density at radius 3 is 3.00 bits per heavy atom. The van der Waals surface area contributed by atoms with Crippen molar-refractivity contribution in [2.45, 2.75) is 63.3 Å². The van der Waals surface area contributed by atoms with Gasteiger partial charge in [-0.15, -0.1) is 0 Å². The van der Waals surface area contributed by atoms with Crippen LogP contribution in [-0.4, -0.2) is 54.9 Å². The third kappa shape index (κ3) is 4.71. The Balaban J connectivity index is 1.55. The predicted octanol–water partition coefficient (Wildman–Crippen LogP) is 2.67. The van der Waals surface area contributed by atoms with Crippen molar-refractivity contribution < 1.29 is 33.6 Å². The van der Waals surface area contributed by atoms with Gasteiger partial charge in [-0.05, 0) is 51.0 Å². The van der Waals surface area contributed by atoms with E-state index in [0.29, 0.717) is 31.3 Å². The Morgan fingerprint density at radius 2 is 2.22 bits per heavy atom. The Kier molecular flexibility index (Phi) is 6.22. The first-order valence-electron chi connectivity index (χ1n) is 9.60. The number of ether oxygens (including phenoxy) is 4. The highest BCUT2D eigenvalue weighted by molar-refractivity contribution is 5.91. The number of unbranched alkanes of at least 4 members (excludes halogenated alkanes) is 1. The number of hydrogen-bond acceptors (Lipinski definition) is 7. The van der Waals surface area contributed by atoms with Crippen molar-refractivity contribution >= 4 is 12.1 Å². The molecular weight excluding hydrogens is 352 g/mol. The van der Waals surface area contributed by atoms with E-state index in [2.05, 4.69) is 12.7 Å². The summed E-state index contributed by atoms with van der Waals surface area (Å²) in [6, 6.07) is 0. The highest BCUT2D eigenvalue weighted by atomic mass is 16.7. The minimum absolute atomic E-state index is 0.0641. The molecular formula is C20H28O7. The SMILES string of the molecule is C=C1C(=O)O[C@H]2[C@H]1CC/C(COC(=O)OCCCCO)=C\CC[C@@]1(C)O[C@@H]21. The third-order valence-corrected chi connectivity index (χ3v) is 5.59. The summed E-state index contributed by atoms with van der Waals surface area (Å²) < 4.78 is 21.6. The molecule has 0 aromatic rings. The molecule has 3 aliphatic rings. The quantitative estimate of drug-likeness (QED) is 0.249. The van der Waals surface area contributed by atoms with E-state index in [1.165, 1.54) is 0 Å². The summed E-state index contributed by atoms with van der Waals surface area (Å²) in [5.74, 6) is -0.411. The van der Waals surface area contributed by atoms with E-state index in [-0.39, 0.29) is 49.5 Å². The van der Waals surface area contributed by atoms with E-state index in [1.54, 1.807) is 0 Å². The summed E-state index contributed by atoms with van der Waals surface area (Å²) in [7, 11) is 0. The van der Waals surface area contributed by atoms with Crippen molar-refractivity contribution in [3.8, 4) is 0 Å². The van der Waals surface area contributed by atoms with Crippen molar-refractivity contribution in [3.05, 3.63) is 23.8 Å². The van der Waals surface area contributed by atoms with Gasteiger partial charge in [-0.1, -0.05) is 12.7 Å². The first-order chi connectivity index (χ1) is 12.9. The van der Waals surface area contributed by atoms with Crippen molar-refractivity contribution in [1.29, 1.82) is 0 Å². The average Bonchev–Trinajstić information content (AvgIpc) is 3.23. The lowest BCUT2D eigenvalue weighted by Crippen LogP contribution is -2.29. The minimum atomic E-state index is -0.704. The van der Waals surface area contributed by atoms with Crippen molar-refractivity contribution in [1.82, 2.24) is 0 Å². The van der Waals surface area contributed by atoms with Gasteiger partial charge in [0.1, 0.15) is 18.8 Å². The van der Waals surface area contributed by atoms with Crippen LogP contribution < -0.4 is 0 Å². The fourth-order valence-corrected chi connectivity index (χ4v) is 3.81. The molecule has 0 saturated carbocycles. The Hall–Kier alpha value is -1.86. The molecule has 0 aromatic heterocycles. The topological polar surface area (TPSA) is 94.6 Å². The molecule has 1 aliphatic carbocycles. The zero-order valence-corrected chi connectivity index (χ0v) is 15.8. The van der Waals surface area contributed by atoms with Gasteiger partial charge in [-0.3, -0.25) is 0 Å². The number of hydrogen-bond donors (Lipinski definition) is 1. The summed E-state index contributed by atoms with van der Waals surface area (Å²) >= 11 is 0. The van der Waals surface area contributed by atoms with E-state index >= 15 is 0 Å². The first-order valence-corrected chi connectivity index (χ1v) is 9.60. The van der Waals surface area contributed by atoms with Crippen molar-refractivity contribution in [2.24, 2.45) is 5.92 Å². The molecule has 0 bridgehead atoms. The molecule has 2 fully saturated rings. The van der Waals surface area contributed by atoms with E-state index in [4.69, 9.17) is 24.1 Å².